The lowest BCUT2D eigenvalue weighted by Crippen LogP contribution is -2.00. The Morgan fingerprint density at radius 2 is 2.46 bits per heavy atom. The van der Waals surface area contributed by atoms with Crippen molar-refractivity contribution in [3.8, 4) is 5.88 Å². The molecule has 1 rings (SSSR count). The Hall–Kier alpha value is -1.17. The number of nitrogens with zero attached hydrogens (tertiary/aromatic N) is 2. The van der Waals surface area contributed by atoms with Crippen LogP contribution in [0.5, 0.6) is 5.88 Å². The van der Waals surface area contributed by atoms with Gasteiger partial charge in [0, 0.05) is 0 Å². The molecule has 1 aromatic heterocycles. The largest absolute Gasteiger partial charge is 0.480 e. The average Bonchev–Trinajstić information content (AvgIpc) is 2.15. The molecule has 0 unspecified atom stereocenters. The molecule has 0 atom stereocenters. The molecule has 0 spiro atoms. The zero-order valence-electron chi connectivity index (χ0n) is 6.86. The van der Waals surface area contributed by atoms with Crippen LogP contribution in [-0.2, 0) is 16.1 Å². The molecular weight excluding hydrogens is 240 g/mol. The van der Waals surface area contributed by atoms with E-state index in [0.29, 0.717) is 22.6 Å². The van der Waals surface area contributed by atoms with E-state index in [1.165, 1.54) is 13.3 Å². The summed E-state index contributed by atoms with van der Waals surface area (Å²) in [5.41, 5.74) is 0.476. The molecule has 0 aliphatic carbocycles. The number of methoxy groups -OCH3 is 1. The van der Waals surface area contributed by atoms with Gasteiger partial charge >= 0.3 is 0 Å². The van der Waals surface area contributed by atoms with Crippen LogP contribution >= 0.6 is 15.9 Å². The molecule has 70 valence electrons. The maximum atomic E-state index is 9.94. The van der Waals surface area contributed by atoms with Crippen LogP contribution < -0.4 is 4.74 Å². The number of ether oxygens (including phenoxy) is 2. The molecule has 0 aromatic carbocycles. The van der Waals surface area contributed by atoms with Crippen molar-refractivity contribution in [1.82, 2.24) is 9.97 Å². The standard InChI is InChI=1S/C7H7BrN2O3/c1-12-7-5(3-13-4-11)10-6(8)2-9-7/h2,4H,3H2,1H3. The summed E-state index contributed by atoms with van der Waals surface area (Å²) >= 11 is 3.14. The second kappa shape index (κ2) is 4.76. The number of halogens is 1. The van der Waals surface area contributed by atoms with E-state index >= 15 is 0 Å². The minimum atomic E-state index is 0.0547. The first-order valence-electron chi connectivity index (χ1n) is 3.38. The molecule has 0 bridgehead atoms. The minimum absolute atomic E-state index is 0.0547. The van der Waals surface area contributed by atoms with Crippen molar-refractivity contribution in [3.63, 3.8) is 0 Å². The normalized spacial score (nSPS) is 9.38. The van der Waals surface area contributed by atoms with Crippen LogP contribution in [0.4, 0.5) is 0 Å². The number of carbonyl (C=O) groups excluding carboxylic acids is 1. The van der Waals surface area contributed by atoms with Crippen molar-refractivity contribution < 1.29 is 14.3 Å². The third-order valence-corrected chi connectivity index (χ3v) is 1.64. The topological polar surface area (TPSA) is 61.3 Å². The Morgan fingerprint density at radius 1 is 1.69 bits per heavy atom. The van der Waals surface area contributed by atoms with Crippen LogP contribution in [0.1, 0.15) is 5.69 Å². The quantitative estimate of drug-likeness (QED) is 0.740. The van der Waals surface area contributed by atoms with Gasteiger partial charge in [-0.2, -0.15) is 0 Å². The minimum Gasteiger partial charge on any atom is -0.480 e. The molecule has 0 N–H and O–H groups in total. The molecule has 5 nitrogen and oxygen atoms in total. The van der Waals surface area contributed by atoms with Gasteiger partial charge in [-0.3, -0.25) is 4.79 Å². The first-order valence-corrected chi connectivity index (χ1v) is 4.18. The zero-order valence-corrected chi connectivity index (χ0v) is 8.44. The van der Waals surface area contributed by atoms with E-state index in [-0.39, 0.29) is 6.61 Å². The number of rotatable bonds is 4. The number of carbonyl (C=O) groups is 1. The van der Waals surface area contributed by atoms with Gasteiger partial charge in [-0.15, -0.1) is 0 Å². The lowest BCUT2D eigenvalue weighted by molar-refractivity contribution is -0.129. The van der Waals surface area contributed by atoms with Crippen molar-refractivity contribution in [2.45, 2.75) is 6.61 Å². The van der Waals surface area contributed by atoms with E-state index in [0.717, 1.165) is 0 Å². The van der Waals surface area contributed by atoms with E-state index < -0.39 is 0 Å². The van der Waals surface area contributed by atoms with Gasteiger partial charge in [-0.1, -0.05) is 0 Å². The van der Waals surface area contributed by atoms with Gasteiger partial charge in [0.05, 0.1) is 13.3 Å². The van der Waals surface area contributed by atoms with Gasteiger partial charge < -0.3 is 9.47 Å². The molecule has 13 heavy (non-hydrogen) atoms. The summed E-state index contributed by atoms with van der Waals surface area (Å²) < 4.78 is 10.0. The summed E-state index contributed by atoms with van der Waals surface area (Å²) in [6.07, 6.45) is 1.50. The summed E-state index contributed by atoms with van der Waals surface area (Å²) in [5.74, 6) is 0.352. The van der Waals surface area contributed by atoms with E-state index in [2.05, 4.69) is 30.6 Å². The molecule has 0 saturated carbocycles. The van der Waals surface area contributed by atoms with Crippen LogP contribution in [0.15, 0.2) is 10.8 Å². The van der Waals surface area contributed by atoms with E-state index in [9.17, 15) is 4.79 Å². The molecular formula is C7H7BrN2O3. The summed E-state index contributed by atoms with van der Waals surface area (Å²) in [6.45, 7) is 0.404. The van der Waals surface area contributed by atoms with Crippen LogP contribution in [0, 0.1) is 0 Å². The van der Waals surface area contributed by atoms with Crippen molar-refractivity contribution >= 4 is 22.4 Å². The van der Waals surface area contributed by atoms with Crippen LogP contribution in [0.25, 0.3) is 0 Å². The molecule has 0 radical (unpaired) electrons. The summed E-state index contributed by atoms with van der Waals surface area (Å²) in [6, 6.07) is 0. The van der Waals surface area contributed by atoms with Gasteiger partial charge in [0.1, 0.15) is 16.9 Å². The molecule has 0 amide bonds. The number of hydrogen-bond acceptors (Lipinski definition) is 5. The first kappa shape index (κ1) is 9.91. The predicted octanol–water partition coefficient (Wildman–Crippen LogP) is 0.921. The first-order chi connectivity index (χ1) is 6.27. The number of hydrogen-bond donors (Lipinski definition) is 0. The van der Waals surface area contributed by atoms with Crippen LogP contribution in [0.3, 0.4) is 0 Å². The van der Waals surface area contributed by atoms with Gasteiger partial charge in [-0.25, -0.2) is 9.97 Å². The van der Waals surface area contributed by atoms with Crippen molar-refractivity contribution in [1.29, 1.82) is 0 Å². The molecule has 0 fully saturated rings. The Morgan fingerprint density at radius 3 is 3.08 bits per heavy atom. The SMILES string of the molecule is COc1ncc(Br)nc1COC=O. The maximum absolute atomic E-state index is 9.94. The highest BCUT2D eigenvalue weighted by Crippen LogP contribution is 2.15. The van der Waals surface area contributed by atoms with E-state index in [4.69, 9.17) is 4.74 Å². The fourth-order valence-corrected chi connectivity index (χ4v) is 1.09. The highest BCUT2D eigenvalue weighted by molar-refractivity contribution is 9.10. The fourth-order valence-electron chi connectivity index (χ4n) is 0.770. The van der Waals surface area contributed by atoms with Crippen molar-refractivity contribution in [2.75, 3.05) is 7.11 Å². The van der Waals surface area contributed by atoms with Crippen molar-refractivity contribution in [3.05, 3.63) is 16.5 Å². The van der Waals surface area contributed by atoms with E-state index in [1.54, 1.807) is 0 Å². The molecule has 0 aliphatic heterocycles. The highest BCUT2D eigenvalue weighted by atomic mass is 79.9. The molecule has 0 saturated heterocycles. The lowest BCUT2D eigenvalue weighted by atomic mass is 10.4. The Bertz CT molecular complexity index is 306. The van der Waals surface area contributed by atoms with Crippen LogP contribution in [-0.4, -0.2) is 23.5 Å². The van der Waals surface area contributed by atoms with Crippen molar-refractivity contribution in [2.24, 2.45) is 0 Å². The van der Waals surface area contributed by atoms with Gasteiger partial charge in [0.25, 0.3) is 6.47 Å². The summed E-state index contributed by atoms with van der Waals surface area (Å²) in [5, 5.41) is 0. The summed E-state index contributed by atoms with van der Waals surface area (Å²) in [7, 11) is 1.47. The third-order valence-electron chi connectivity index (χ3n) is 1.26. The summed E-state index contributed by atoms with van der Waals surface area (Å²) in [4.78, 5) is 17.9. The number of aromatic nitrogens is 2. The average molecular weight is 247 g/mol. The lowest BCUT2D eigenvalue weighted by Gasteiger charge is -2.04. The Labute approximate surface area is 83.2 Å². The fraction of sp³-hybridized carbons (Fsp3) is 0.286. The second-order valence-electron chi connectivity index (χ2n) is 2.06. The molecule has 0 aliphatic rings. The van der Waals surface area contributed by atoms with Gasteiger partial charge in [0.2, 0.25) is 5.88 Å². The predicted molar refractivity (Wildman–Crippen MR) is 47.1 cm³/mol. The van der Waals surface area contributed by atoms with Gasteiger partial charge in [-0.05, 0) is 15.9 Å². The highest BCUT2D eigenvalue weighted by Gasteiger charge is 2.06. The molecule has 1 heterocycles. The monoisotopic (exact) mass is 246 g/mol. The third kappa shape index (κ3) is 2.66. The smallest absolute Gasteiger partial charge is 0.293 e. The second-order valence-corrected chi connectivity index (χ2v) is 2.87. The van der Waals surface area contributed by atoms with Crippen LogP contribution in [0.2, 0.25) is 0 Å². The Balaban J connectivity index is 2.87. The zero-order chi connectivity index (χ0) is 9.68. The van der Waals surface area contributed by atoms with Gasteiger partial charge in [0.15, 0.2) is 0 Å². The molecule has 1 aromatic rings. The molecule has 6 heteroatoms. The maximum Gasteiger partial charge on any atom is 0.293 e. The van der Waals surface area contributed by atoms with E-state index in [1.807, 2.05) is 0 Å². The Kier molecular flexibility index (Phi) is 3.63.